The number of nitrogens with zero attached hydrogens (tertiary/aromatic N) is 2. The van der Waals surface area contributed by atoms with Crippen molar-refractivity contribution in [3.05, 3.63) is 59.7 Å². The van der Waals surface area contributed by atoms with Crippen LogP contribution in [0.15, 0.2) is 48.5 Å². The van der Waals surface area contributed by atoms with E-state index in [4.69, 9.17) is 4.74 Å². The molecule has 3 rings (SSSR count). The zero-order chi connectivity index (χ0) is 18.0. The molecule has 0 N–H and O–H groups in total. The molecule has 2 aromatic carbocycles. The number of rotatable bonds is 3. The zero-order valence-electron chi connectivity index (χ0n) is 14.7. The molecule has 1 fully saturated rings. The van der Waals surface area contributed by atoms with E-state index in [1.54, 1.807) is 29.9 Å². The summed E-state index contributed by atoms with van der Waals surface area (Å²) in [4.78, 5) is 29.0. The van der Waals surface area contributed by atoms with E-state index in [-0.39, 0.29) is 11.8 Å². The van der Waals surface area contributed by atoms with Gasteiger partial charge in [-0.3, -0.25) is 9.59 Å². The number of ether oxygens (including phenoxy) is 1. The van der Waals surface area contributed by atoms with Crippen LogP contribution < -0.4 is 9.64 Å². The number of piperazine rings is 1. The van der Waals surface area contributed by atoms with Gasteiger partial charge in [0.2, 0.25) is 5.91 Å². The molecule has 5 heteroatoms. The lowest BCUT2D eigenvalue weighted by Crippen LogP contribution is -2.57. The van der Waals surface area contributed by atoms with Gasteiger partial charge in [0, 0.05) is 18.7 Å². The molecule has 25 heavy (non-hydrogen) atoms. The number of anilines is 1. The molecule has 1 heterocycles. The molecule has 1 aliphatic rings. The topological polar surface area (TPSA) is 49.9 Å². The minimum absolute atomic E-state index is 0.100. The number of benzene rings is 2. The van der Waals surface area contributed by atoms with Crippen LogP contribution >= 0.6 is 0 Å². The summed E-state index contributed by atoms with van der Waals surface area (Å²) in [5.41, 5.74) is 2.38. The van der Waals surface area contributed by atoms with Gasteiger partial charge in [-0.25, -0.2) is 0 Å². The highest BCUT2D eigenvalue weighted by Crippen LogP contribution is 2.30. The fraction of sp³-hybridized carbons (Fsp3) is 0.300. The van der Waals surface area contributed by atoms with Crippen LogP contribution in [0.3, 0.4) is 0 Å². The average Bonchev–Trinajstić information content (AvgIpc) is 2.63. The molecule has 0 radical (unpaired) electrons. The number of methoxy groups -OCH3 is 1. The molecule has 0 saturated carbocycles. The van der Waals surface area contributed by atoms with Gasteiger partial charge in [-0.1, -0.05) is 29.8 Å². The second kappa shape index (κ2) is 6.97. The molecule has 1 atom stereocenters. The van der Waals surface area contributed by atoms with Gasteiger partial charge in [0.1, 0.15) is 11.8 Å². The summed E-state index contributed by atoms with van der Waals surface area (Å²) in [6.07, 6.45) is 0. The molecule has 1 aliphatic heterocycles. The van der Waals surface area contributed by atoms with Crippen LogP contribution in [0.5, 0.6) is 5.75 Å². The third kappa shape index (κ3) is 3.22. The van der Waals surface area contributed by atoms with Crippen LogP contribution in [0.1, 0.15) is 22.8 Å². The predicted molar refractivity (Wildman–Crippen MR) is 97.0 cm³/mol. The van der Waals surface area contributed by atoms with E-state index in [9.17, 15) is 9.59 Å². The van der Waals surface area contributed by atoms with E-state index < -0.39 is 6.04 Å². The third-order valence-electron chi connectivity index (χ3n) is 4.56. The molecule has 0 aromatic heterocycles. The number of hydrogen-bond donors (Lipinski definition) is 0. The monoisotopic (exact) mass is 338 g/mol. The van der Waals surface area contributed by atoms with Crippen LogP contribution in [0.2, 0.25) is 0 Å². The minimum Gasteiger partial charge on any atom is -0.495 e. The third-order valence-corrected chi connectivity index (χ3v) is 4.56. The van der Waals surface area contributed by atoms with Crippen LogP contribution in [0.25, 0.3) is 0 Å². The van der Waals surface area contributed by atoms with Gasteiger partial charge >= 0.3 is 0 Å². The smallest absolute Gasteiger partial charge is 0.254 e. The van der Waals surface area contributed by atoms with Crippen molar-refractivity contribution >= 4 is 17.5 Å². The van der Waals surface area contributed by atoms with Crippen molar-refractivity contribution < 1.29 is 14.3 Å². The fourth-order valence-corrected chi connectivity index (χ4v) is 3.18. The Morgan fingerprint density at radius 1 is 1.12 bits per heavy atom. The lowest BCUT2D eigenvalue weighted by atomic mass is 10.1. The maximum Gasteiger partial charge on any atom is 0.254 e. The summed E-state index contributed by atoms with van der Waals surface area (Å²) in [5, 5.41) is 0. The molecule has 1 saturated heterocycles. The molecular formula is C20H22N2O3. The van der Waals surface area contributed by atoms with Gasteiger partial charge < -0.3 is 14.5 Å². The summed E-state index contributed by atoms with van der Waals surface area (Å²) in [5.74, 6) is 0.447. The van der Waals surface area contributed by atoms with Gasteiger partial charge in [0.15, 0.2) is 0 Å². The Kier molecular flexibility index (Phi) is 4.74. The SMILES string of the molecule is COc1ccccc1N1CCN(C(=O)c2cccc(C)c2)[C@H](C)C1=O. The van der Waals surface area contributed by atoms with Crippen LogP contribution in [0.4, 0.5) is 5.69 Å². The number of para-hydroxylation sites is 2. The first-order valence-corrected chi connectivity index (χ1v) is 8.35. The van der Waals surface area contributed by atoms with E-state index in [1.807, 2.05) is 49.4 Å². The van der Waals surface area contributed by atoms with E-state index >= 15 is 0 Å². The predicted octanol–water partition coefficient (Wildman–Crippen LogP) is 2.88. The van der Waals surface area contributed by atoms with E-state index in [0.717, 1.165) is 11.3 Å². The highest BCUT2D eigenvalue weighted by molar-refractivity contribution is 6.04. The van der Waals surface area contributed by atoms with Gasteiger partial charge in [0.05, 0.1) is 12.8 Å². The van der Waals surface area contributed by atoms with Crippen molar-refractivity contribution in [2.45, 2.75) is 19.9 Å². The van der Waals surface area contributed by atoms with Crippen molar-refractivity contribution in [1.82, 2.24) is 4.90 Å². The van der Waals surface area contributed by atoms with Crippen LogP contribution in [-0.2, 0) is 4.79 Å². The molecule has 130 valence electrons. The Balaban J connectivity index is 1.83. The van der Waals surface area contributed by atoms with Crippen molar-refractivity contribution in [3.63, 3.8) is 0 Å². The second-order valence-electron chi connectivity index (χ2n) is 6.21. The minimum atomic E-state index is -0.522. The molecule has 0 aliphatic carbocycles. The van der Waals surface area contributed by atoms with Crippen molar-refractivity contribution in [3.8, 4) is 5.75 Å². The standard InChI is InChI=1S/C20H22N2O3/c1-14-7-6-8-16(13-14)20(24)21-11-12-22(19(23)15(21)2)17-9-4-5-10-18(17)25-3/h4-10,13,15H,11-12H2,1-3H3/t15-/m1/s1. The molecule has 2 amide bonds. The Bertz CT molecular complexity index is 803. The van der Waals surface area contributed by atoms with Gasteiger partial charge in [-0.2, -0.15) is 0 Å². The quantitative estimate of drug-likeness (QED) is 0.865. The second-order valence-corrected chi connectivity index (χ2v) is 6.21. The van der Waals surface area contributed by atoms with Gasteiger partial charge in [0.25, 0.3) is 5.91 Å². The first kappa shape index (κ1) is 17.0. The lowest BCUT2D eigenvalue weighted by Gasteiger charge is -2.39. The van der Waals surface area contributed by atoms with Gasteiger partial charge in [-0.15, -0.1) is 0 Å². The van der Waals surface area contributed by atoms with Gasteiger partial charge in [-0.05, 0) is 38.1 Å². The summed E-state index contributed by atoms with van der Waals surface area (Å²) < 4.78 is 5.36. The normalized spacial score (nSPS) is 17.6. The van der Waals surface area contributed by atoms with E-state index in [0.29, 0.717) is 24.4 Å². The zero-order valence-corrected chi connectivity index (χ0v) is 14.7. The lowest BCUT2D eigenvalue weighted by molar-refractivity contribution is -0.124. The first-order chi connectivity index (χ1) is 12.0. The Hall–Kier alpha value is -2.82. The number of amides is 2. The number of aryl methyl sites for hydroxylation is 1. The molecule has 0 unspecified atom stereocenters. The summed E-state index contributed by atoms with van der Waals surface area (Å²) in [6, 6.07) is 14.4. The van der Waals surface area contributed by atoms with E-state index in [1.165, 1.54) is 0 Å². The molecule has 0 spiro atoms. The first-order valence-electron chi connectivity index (χ1n) is 8.35. The Morgan fingerprint density at radius 2 is 1.88 bits per heavy atom. The Morgan fingerprint density at radius 3 is 2.60 bits per heavy atom. The molecule has 5 nitrogen and oxygen atoms in total. The maximum atomic E-state index is 12.9. The highest BCUT2D eigenvalue weighted by atomic mass is 16.5. The fourth-order valence-electron chi connectivity index (χ4n) is 3.18. The van der Waals surface area contributed by atoms with Crippen molar-refractivity contribution in [2.75, 3.05) is 25.1 Å². The van der Waals surface area contributed by atoms with Crippen LogP contribution in [0, 0.1) is 6.92 Å². The van der Waals surface area contributed by atoms with Crippen molar-refractivity contribution in [1.29, 1.82) is 0 Å². The molecule has 2 aromatic rings. The summed E-state index contributed by atoms with van der Waals surface area (Å²) >= 11 is 0. The highest BCUT2D eigenvalue weighted by Gasteiger charge is 2.36. The number of carbonyl (C=O) groups excluding carboxylic acids is 2. The number of hydrogen-bond acceptors (Lipinski definition) is 3. The largest absolute Gasteiger partial charge is 0.495 e. The van der Waals surface area contributed by atoms with Crippen LogP contribution in [-0.4, -0.2) is 43.0 Å². The van der Waals surface area contributed by atoms with E-state index in [2.05, 4.69) is 0 Å². The molecule has 0 bridgehead atoms. The molecular weight excluding hydrogens is 316 g/mol. The Labute approximate surface area is 147 Å². The average molecular weight is 338 g/mol. The summed E-state index contributed by atoms with van der Waals surface area (Å²) in [6.45, 7) is 4.65. The number of carbonyl (C=O) groups is 2. The maximum absolute atomic E-state index is 12.9. The van der Waals surface area contributed by atoms with Crippen molar-refractivity contribution in [2.24, 2.45) is 0 Å². The summed E-state index contributed by atoms with van der Waals surface area (Å²) in [7, 11) is 1.59.